The monoisotopic (exact) mass is 588 g/mol. The first kappa shape index (κ1) is 28.5. The molecule has 0 bridgehead atoms. The normalized spacial score (nSPS) is 17.2. The summed E-state index contributed by atoms with van der Waals surface area (Å²) < 4.78 is 0. The van der Waals surface area contributed by atoms with Gasteiger partial charge in [0.2, 0.25) is 11.8 Å². The zero-order chi connectivity index (χ0) is 31.0. The molecular formula is C34H28N4O6. The van der Waals surface area contributed by atoms with Crippen molar-refractivity contribution in [1.29, 1.82) is 0 Å². The smallest absolute Gasteiger partial charge is 0.269 e. The minimum Gasteiger partial charge on any atom is -0.308 e. The van der Waals surface area contributed by atoms with E-state index in [0.29, 0.717) is 23.4 Å². The topological polar surface area (TPSA) is 121 Å². The van der Waals surface area contributed by atoms with Gasteiger partial charge in [-0.05, 0) is 54.8 Å². The van der Waals surface area contributed by atoms with Gasteiger partial charge < -0.3 is 9.80 Å². The average Bonchev–Trinajstić information content (AvgIpc) is 3.26. The fourth-order valence-corrected chi connectivity index (χ4v) is 6.08. The molecule has 0 saturated carbocycles. The maximum atomic E-state index is 14.0. The number of anilines is 2. The Kier molecular flexibility index (Phi) is 7.48. The van der Waals surface area contributed by atoms with Crippen molar-refractivity contribution in [2.45, 2.75) is 31.8 Å². The summed E-state index contributed by atoms with van der Waals surface area (Å²) in [4.78, 5) is 68.7. The third-order valence-electron chi connectivity index (χ3n) is 8.12. The summed E-state index contributed by atoms with van der Waals surface area (Å²) in [5.41, 5.74) is 3.17. The predicted molar refractivity (Wildman–Crippen MR) is 163 cm³/mol. The van der Waals surface area contributed by atoms with Gasteiger partial charge in [0.25, 0.3) is 17.5 Å². The van der Waals surface area contributed by atoms with Crippen molar-refractivity contribution in [3.8, 4) is 0 Å². The number of para-hydroxylation sites is 2. The van der Waals surface area contributed by atoms with Gasteiger partial charge in [-0.3, -0.25) is 34.2 Å². The number of carbonyl (C=O) groups is 4. The zero-order valence-corrected chi connectivity index (χ0v) is 23.8. The Hall–Kier alpha value is -5.64. The third kappa shape index (κ3) is 5.11. The van der Waals surface area contributed by atoms with Crippen LogP contribution in [0.25, 0.3) is 0 Å². The Morgan fingerprint density at radius 3 is 2.07 bits per heavy atom. The lowest BCUT2D eigenvalue weighted by Gasteiger charge is -2.44. The van der Waals surface area contributed by atoms with Crippen molar-refractivity contribution >= 4 is 40.7 Å². The molecular weight excluding hydrogens is 560 g/mol. The first-order chi connectivity index (χ1) is 21.2. The summed E-state index contributed by atoms with van der Waals surface area (Å²) in [6, 6.07) is 28.2. The molecule has 0 aliphatic carbocycles. The number of nitro benzene ring substituents is 1. The molecule has 2 aliphatic heterocycles. The van der Waals surface area contributed by atoms with Crippen LogP contribution >= 0.6 is 0 Å². The molecule has 2 atom stereocenters. The summed E-state index contributed by atoms with van der Waals surface area (Å²) in [6.07, 6.45) is 0.411. The van der Waals surface area contributed by atoms with Crippen LogP contribution in [0.15, 0.2) is 103 Å². The van der Waals surface area contributed by atoms with E-state index in [4.69, 9.17) is 0 Å². The fraction of sp³-hybridized carbons (Fsp3) is 0.176. The molecule has 0 aromatic heterocycles. The number of non-ortho nitro benzene ring substituents is 1. The largest absolute Gasteiger partial charge is 0.308 e. The molecule has 0 radical (unpaired) electrons. The van der Waals surface area contributed by atoms with E-state index in [1.165, 1.54) is 12.1 Å². The van der Waals surface area contributed by atoms with Gasteiger partial charge in [0.1, 0.15) is 6.54 Å². The molecule has 0 unspecified atom stereocenters. The van der Waals surface area contributed by atoms with Gasteiger partial charge in [0.15, 0.2) is 0 Å². The summed E-state index contributed by atoms with van der Waals surface area (Å²) in [7, 11) is 0. The summed E-state index contributed by atoms with van der Waals surface area (Å²) in [5, 5.41) is 11.1. The van der Waals surface area contributed by atoms with Gasteiger partial charge in [-0.1, -0.05) is 60.7 Å². The molecule has 0 saturated heterocycles. The Morgan fingerprint density at radius 1 is 0.841 bits per heavy atom. The van der Waals surface area contributed by atoms with Gasteiger partial charge in [-0.15, -0.1) is 0 Å². The van der Waals surface area contributed by atoms with E-state index >= 15 is 0 Å². The van der Waals surface area contributed by atoms with Crippen molar-refractivity contribution in [2.75, 3.05) is 16.3 Å². The summed E-state index contributed by atoms with van der Waals surface area (Å²) in [5.74, 6) is -1.60. The standard InChI is InChI=1S/C34H28N4O6/c1-22-19-30(37(24-9-3-2-4-10-24)31(39)20-23-15-17-25(18-16-23)38(43)44)28-13-7-8-14-29(28)36(22)32(40)21-35-33(41)26-11-5-6-12-27(26)34(35)42/h2-18,22,30H,19-21H2,1H3/t22-,30-/m1/s1. The highest BCUT2D eigenvalue weighted by Crippen LogP contribution is 2.42. The van der Waals surface area contributed by atoms with E-state index < -0.39 is 35.2 Å². The van der Waals surface area contributed by atoms with Crippen molar-refractivity contribution < 1.29 is 24.1 Å². The van der Waals surface area contributed by atoms with E-state index in [2.05, 4.69) is 0 Å². The van der Waals surface area contributed by atoms with Crippen molar-refractivity contribution in [3.63, 3.8) is 0 Å². The quantitative estimate of drug-likeness (QED) is 0.163. The Balaban J connectivity index is 1.31. The lowest BCUT2D eigenvalue weighted by atomic mass is 9.89. The molecule has 2 aliphatic rings. The minimum atomic E-state index is -0.498. The first-order valence-corrected chi connectivity index (χ1v) is 14.2. The van der Waals surface area contributed by atoms with Crippen LogP contribution in [0.2, 0.25) is 0 Å². The second-order valence-corrected chi connectivity index (χ2v) is 10.9. The average molecular weight is 589 g/mol. The van der Waals surface area contributed by atoms with Gasteiger partial charge in [0.05, 0.1) is 28.5 Å². The Bertz CT molecular complexity index is 1750. The van der Waals surface area contributed by atoms with Crippen LogP contribution in [0, 0.1) is 10.1 Å². The number of imide groups is 1. The van der Waals surface area contributed by atoms with Crippen molar-refractivity contribution in [1.82, 2.24) is 4.90 Å². The first-order valence-electron chi connectivity index (χ1n) is 14.2. The van der Waals surface area contributed by atoms with E-state index in [1.807, 2.05) is 61.5 Å². The number of nitro groups is 1. The maximum absolute atomic E-state index is 14.0. The third-order valence-corrected chi connectivity index (χ3v) is 8.12. The maximum Gasteiger partial charge on any atom is 0.269 e. The van der Waals surface area contributed by atoms with Crippen LogP contribution in [0.1, 0.15) is 51.2 Å². The number of benzene rings is 4. The molecule has 0 N–H and O–H groups in total. The van der Waals surface area contributed by atoms with Crippen LogP contribution in [0.5, 0.6) is 0 Å². The summed E-state index contributed by atoms with van der Waals surface area (Å²) >= 11 is 0. The van der Waals surface area contributed by atoms with E-state index in [9.17, 15) is 29.3 Å². The highest BCUT2D eigenvalue weighted by molar-refractivity contribution is 6.22. The molecule has 10 nitrogen and oxygen atoms in total. The highest BCUT2D eigenvalue weighted by Gasteiger charge is 2.41. The second-order valence-electron chi connectivity index (χ2n) is 10.9. The number of hydrogen-bond donors (Lipinski definition) is 0. The molecule has 6 rings (SSSR count). The predicted octanol–water partition coefficient (Wildman–Crippen LogP) is 5.33. The molecule has 0 spiro atoms. The lowest BCUT2D eigenvalue weighted by molar-refractivity contribution is -0.384. The number of fused-ring (bicyclic) bond motifs is 2. The second kappa shape index (κ2) is 11.6. The lowest BCUT2D eigenvalue weighted by Crippen LogP contribution is -2.51. The van der Waals surface area contributed by atoms with E-state index in [1.54, 1.807) is 46.2 Å². The van der Waals surface area contributed by atoms with Crippen LogP contribution in [0.4, 0.5) is 17.1 Å². The SMILES string of the molecule is C[C@@H]1C[C@@H](N(C(=O)Cc2ccc([N+](=O)[O-])cc2)c2ccccc2)c2ccccc2N1C(=O)CN1C(=O)c2ccccc2C1=O. The van der Waals surface area contributed by atoms with Crippen molar-refractivity contribution in [2.24, 2.45) is 0 Å². The van der Waals surface area contributed by atoms with Gasteiger partial charge in [-0.2, -0.15) is 0 Å². The summed E-state index contributed by atoms with van der Waals surface area (Å²) in [6.45, 7) is 1.48. The number of hydrogen-bond acceptors (Lipinski definition) is 6. The van der Waals surface area contributed by atoms with E-state index in [-0.39, 0.29) is 35.2 Å². The van der Waals surface area contributed by atoms with Gasteiger partial charge in [0, 0.05) is 29.5 Å². The number of carbonyl (C=O) groups excluding carboxylic acids is 4. The zero-order valence-electron chi connectivity index (χ0n) is 23.8. The number of rotatable bonds is 7. The van der Waals surface area contributed by atoms with E-state index in [0.717, 1.165) is 10.5 Å². The highest BCUT2D eigenvalue weighted by atomic mass is 16.6. The number of amides is 4. The Morgan fingerprint density at radius 2 is 1.43 bits per heavy atom. The Labute approximate surface area is 253 Å². The van der Waals surface area contributed by atoms with Gasteiger partial charge in [-0.25, -0.2) is 0 Å². The molecule has 10 heteroatoms. The van der Waals surface area contributed by atoms with Crippen molar-refractivity contribution in [3.05, 3.63) is 135 Å². The van der Waals surface area contributed by atoms with Crippen LogP contribution < -0.4 is 9.80 Å². The molecule has 2 heterocycles. The molecule has 0 fully saturated rings. The number of nitrogens with zero attached hydrogens (tertiary/aromatic N) is 4. The fourth-order valence-electron chi connectivity index (χ4n) is 6.08. The molecule has 4 aromatic carbocycles. The minimum absolute atomic E-state index is 0.0162. The molecule has 4 aromatic rings. The van der Waals surface area contributed by atoms with Crippen LogP contribution in [-0.4, -0.2) is 46.0 Å². The molecule has 4 amide bonds. The molecule has 220 valence electrons. The molecule has 44 heavy (non-hydrogen) atoms. The van der Waals surface area contributed by atoms with Crippen LogP contribution in [-0.2, 0) is 16.0 Å². The van der Waals surface area contributed by atoms with Crippen LogP contribution in [0.3, 0.4) is 0 Å². The van der Waals surface area contributed by atoms with Gasteiger partial charge >= 0.3 is 0 Å².